The Bertz CT molecular complexity index is 671. The SMILES string of the molecule is CN=C(NCCn1cncn1)NC1CCN(c2ccccc2Br)C1. The van der Waals surface area contributed by atoms with Crippen molar-refractivity contribution in [1.29, 1.82) is 0 Å². The third kappa shape index (κ3) is 4.25. The predicted octanol–water partition coefficient (Wildman–Crippen LogP) is 1.48. The van der Waals surface area contributed by atoms with Crippen LogP contribution in [0.25, 0.3) is 0 Å². The van der Waals surface area contributed by atoms with Crippen LogP contribution in [0.1, 0.15) is 6.42 Å². The number of anilines is 1. The summed E-state index contributed by atoms with van der Waals surface area (Å²) in [6.07, 6.45) is 4.34. The van der Waals surface area contributed by atoms with Crippen molar-refractivity contribution in [3.05, 3.63) is 41.4 Å². The molecule has 1 unspecified atom stereocenters. The van der Waals surface area contributed by atoms with E-state index < -0.39 is 0 Å². The number of hydrogen-bond donors (Lipinski definition) is 2. The summed E-state index contributed by atoms with van der Waals surface area (Å²) in [4.78, 5) is 10.6. The van der Waals surface area contributed by atoms with Gasteiger partial charge in [0.25, 0.3) is 0 Å². The van der Waals surface area contributed by atoms with E-state index in [2.05, 4.69) is 64.7 Å². The van der Waals surface area contributed by atoms with E-state index >= 15 is 0 Å². The fraction of sp³-hybridized carbons (Fsp3) is 0.438. The summed E-state index contributed by atoms with van der Waals surface area (Å²) in [6.45, 7) is 3.51. The van der Waals surface area contributed by atoms with Crippen molar-refractivity contribution >= 4 is 27.6 Å². The molecule has 1 aliphatic rings. The summed E-state index contributed by atoms with van der Waals surface area (Å²) in [5, 5.41) is 10.9. The zero-order chi connectivity index (χ0) is 16.8. The zero-order valence-corrected chi connectivity index (χ0v) is 15.3. The van der Waals surface area contributed by atoms with Crippen LogP contribution >= 0.6 is 15.9 Å². The van der Waals surface area contributed by atoms with E-state index in [-0.39, 0.29) is 0 Å². The number of halogens is 1. The maximum Gasteiger partial charge on any atom is 0.191 e. The highest BCUT2D eigenvalue weighted by Gasteiger charge is 2.24. The molecule has 2 aromatic rings. The molecule has 0 amide bonds. The van der Waals surface area contributed by atoms with E-state index in [1.165, 1.54) is 5.69 Å². The smallest absolute Gasteiger partial charge is 0.191 e. The zero-order valence-electron chi connectivity index (χ0n) is 13.7. The molecule has 0 saturated carbocycles. The van der Waals surface area contributed by atoms with Crippen molar-refractivity contribution in [1.82, 2.24) is 25.4 Å². The van der Waals surface area contributed by atoms with Crippen molar-refractivity contribution in [2.24, 2.45) is 4.99 Å². The molecule has 7 nitrogen and oxygen atoms in total. The summed E-state index contributed by atoms with van der Waals surface area (Å²) in [5.41, 5.74) is 1.25. The fourth-order valence-corrected chi connectivity index (χ4v) is 3.37. The second-order valence-electron chi connectivity index (χ2n) is 5.68. The first-order valence-electron chi connectivity index (χ1n) is 8.05. The molecule has 2 heterocycles. The van der Waals surface area contributed by atoms with Crippen LogP contribution in [0.5, 0.6) is 0 Å². The highest BCUT2D eigenvalue weighted by Crippen LogP contribution is 2.28. The first-order valence-corrected chi connectivity index (χ1v) is 8.84. The maximum absolute atomic E-state index is 4.31. The predicted molar refractivity (Wildman–Crippen MR) is 99.3 cm³/mol. The normalized spacial score (nSPS) is 18.0. The van der Waals surface area contributed by atoms with E-state index in [9.17, 15) is 0 Å². The molecule has 1 saturated heterocycles. The lowest BCUT2D eigenvalue weighted by Gasteiger charge is -2.21. The number of aromatic nitrogens is 3. The van der Waals surface area contributed by atoms with E-state index in [1.54, 1.807) is 24.4 Å². The standard InChI is InChI=1S/C16H22BrN7/c1-18-16(20-7-9-24-12-19-11-21-24)22-13-6-8-23(10-13)15-5-3-2-4-14(15)17/h2-5,11-13H,6-10H2,1H3,(H2,18,20,22). The monoisotopic (exact) mass is 391 g/mol. The van der Waals surface area contributed by atoms with Gasteiger partial charge in [0.1, 0.15) is 12.7 Å². The van der Waals surface area contributed by atoms with Crippen LogP contribution in [0.15, 0.2) is 46.4 Å². The highest BCUT2D eigenvalue weighted by atomic mass is 79.9. The average molecular weight is 392 g/mol. The number of nitrogens with zero attached hydrogens (tertiary/aromatic N) is 5. The Morgan fingerprint density at radius 3 is 3.04 bits per heavy atom. The molecular formula is C16H22BrN7. The van der Waals surface area contributed by atoms with Gasteiger partial charge in [-0.1, -0.05) is 12.1 Å². The number of guanidine groups is 1. The first kappa shape index (κ1) is 16.8. The van der Waals surface area contributed by atoms with Gasteiger partial charge >= 0.3 is 0 Å². The van der Waals surface area contributed by atoms with Crippen molar-refractivity contribution in [3.8, 4) is 0 Å². The lowest BCUT2D eigenvalue weighted by atomic mass is 10.3. The summed E-state index contributed by atoms with van der Waals surface area (Å²) in [5.74, 6) is 0.828. The second kappa shape index (κ2) is 8.14. The number of benzene rings is 1. The average Bonchev–Trinajstić information content (AvgIpc) is 3.26. The lowest BCUT2D eigenvalue weighted by molar-refractivity contribution is 0.586. The van der Waals surface area contributed by atoms with E-state index in [4.69, 9.17) is 0 Å². The van der Waals surface area contributed by atoms with Gasteiger partial charge in [-0.15, -0.1) is 0 Å². The molecule has 1 atom stereocenters. The van der Waals surface area contributed by atoms with Gasteiger partial charge < -0.3 is 15.5 Å². The van der Waals surface area contributed by atoms with Gasteiger partial charge in [-0.3, -0.25) is 9.67 Å². The molecule has 0 radical (unpaired) electrons. The van der Waals surface area contributed by atoms with Gasteiger partial charge in [-0.2, -0.15) is 5.10 Å². The van der Waals surface area contributed by atoms with Crippen LogP contribution in [-0.2, 0) is 6.54 Å². The Labute approximate surface area is 150 Å². The molecule has 2 N–H and O–H groups in total. The Morgan fingerprint density at radius 1 is 1.42 bits per heavy atom. The molecular weight excluding hydrogens is 370 g/mol. The minimum absolute atomic E-state index is 0.384. The molecule has 1 aliphatic heterocycles. The summed E-state index contributed by atoms with van der Waals surface area (Å²) >= 11 is 3.63. The van der Waals surface area contributed by atoms with Crippen LogP contribution in [0.4, 0.5) is 5.69 Å². The topological polar surface area (TPSA) is 70.4 Å². The van der Waals surface area contributed by atoms with Crippen molar-refractivity contribution in [2.75, 3.05) is 31.6 Å². The Kier molecular flexibility index (Phi) is 5.68. The number of para-hydroxylation sites is 1. The van der Waals surface area contributed by atoms with E-state index in [0.29, 0.717) is 6.04 Å². The molecule has 24 heavy (non-hydrogen) atoms. The van der Waals surface area contributed by atoms with Gasteiger partial charge in [-0.05, 0) is 34.5 Å². The molecule has 3 rings (SSSR count). The molecule has 0 aliphatic carbocycles. The van der Waals surface area contributed by atoms with Gasteiger partial charge in [0.05, 0.1) is 12.2 Å². The summed E-state index contributed by atoms with van der Waals surface area (Å²) in [7, 11) is 1.80. The number of hydrogen-bond acceptors (Lipinski definition) is 4. The largest absolute Gasteiger partial charge is 0.368 e. The molecule has 1 aromatic carbocycles. The molecule has 1 aromatic heterocycles. The molecule has 0 bridgehead atoms. The van der Waals surface area contributed by atoms with Crippen LogP contribution in [-0.4, -0.2) is 53.4 Å². The number of aliphatic imine (C=N–C) groups is 1. The van der Waals surface area contributed by atoms with Gasteiger partial charge in [-0.25, -0.2) is 4.98 Å². The van der Waals surface area contributed by atoms with E-state index in [1.807, 2.05) is 6.07 Å². The molecule has 1 fully saturated rings. The summed E-state index contributed by atoms with van der Waals surface area (Å²) in [6, 6.07) is 8.74. The van der Waals surface area contributed by atoms with Gasteiger partial charge in [0.2, 0.25) is 0 Å². The Balaban J connectivity index is 1.47. The Hall–Kier alpha value is -2.09. The van der Waals surface area contributed by atoms with Crippen LogP contribution in [0, 0.1) is 0 Å². The van der Waals surface area contributed by atoms with Crippen LogP contribution in [0.3, 0.4) is 0 Å². The highest BCUT2D eigenvalue weighted by molar-refractivity contribution is 9.10. The second-order valence-corrected chi connectivity index (χ2v) is 6.54. The van der Waals surface area contributed by atoms with E-state index in [0.717, 1.165) is 43.0 Å². The molecule has 0 spiro atoms. The van der Waals surface area contributed by atoms with Crippen molar-refractivity contribution < 1.29 is 0 Å². The fourth-order valence-electron chi connectivity index (χ4n) is 2.83. The van der Waals surface area contributed by atoms with Crippen molar-refractivity contribution in [2.45, 2.75) is 19.0 Å². The van der Waals surface area contributed by atoms with Crippen LogP contribution < -0.4 is 15.5 Å². The molecule has 8 heteroatoms. The third-order valence-electron chi connectivity index (χ3n) is 4.05. The first-order chi connectivity index (χ1) is 11.8. The lowest BCUT2D eigenvalue weighted by Crippen LogP contribution is -2.45. The minimum Gasteiger partial charge on any atom is -0.368 e. The number of nitrogens with one attached hydrogen (secondary N) is 2. The van der Waals surface area contributed by atoms with Crippen molar-refractivity contribution in [3.63, 3.8) is 0 Å². The van der Waals surface area contributed by atoms with Gasteiger partial charge in [0.15, 0.2) is 5.96 Å². The van der Waals surface area contributed by atoms with Crippen LogP contribution in [0.2, 0.25) is 0 Å². The summed E-state index contributed by atoms with van der Waals surface area (Å²) < 4.78 is 2.94. The Morgan fingerprint density at radius 2 is 2.29 bits per heavy atom. The molecule has 128 valence electrons. The van der Waals surface area contributed by atoms with Gasteiger partial charge in [0, 0.05) is 37.2 Å². The maximum atomic E-state index is 4.31. The quantitative estimate of drug-likeness (QED) is 0.596. The third-order valence-corrected chi connectivity index (χ3v) is 4.72. The number of rotatable bonds is 5. The minimum atomic E-state index is 0.384.